The summed E-state index contributed by atoms with van der Waals surface area (Å²) in [7, 11) is 3.62. The lowest BCUT2D eigenvalue weighted by atomic mass is 10.2. The van der Waals surface area contributed by atoms with Crippen molar-refractivity contribution in [2.45, 2.75) is 0 Å². The van der Waals surface area contributed by atoms with E-state index in [1.807, 2.05) is 5.01 Å². The molecule has 0 spiro atoms. The number of carbonyl (C=O) groups excluding carboxylic acids is 1. The zero-order chi connectivity index (χ0) is 13.8. The highest BCUT2D eigenvalue weighted by Gasteiger charge is 2.17. The molecule has 1 aromatic carbocycles. The topological polar surface area (TPSA) is 70.8 Å². The molecule has 19 heavy (non-hydrogen) atoms. The average molecular weight is 264 g/mol. The van der Waals surface area contributed by atoms with Crippen molar-refractivity contribution in [1.82, 2.24) is 15.3 Å². The van der Waals surface area contributed by atoms with E-state index in [0.717, 1.165) is 26.2 Å². The number of likely N-dealkylation sites (N-methyl/N-ethyl adjacent to an activating group) is 1. The van der Waals surface area contributed by atoms with Gasteiger partial charge in [-0.2, -0.15) is 0 Å². The van der Waals surface area contributed by atoms with Crippen molar-refractivity contribution >= 4 is 11.6 Å². The number of amides is 1. The summed E-state index contributed by atoms with van der Waals surface area (Å²) in [4.78, 5) is 14.4. The average Bonchev–Trinajstić information content (AvgIpc) is 2.40. The summed E-state index contributed by atoms with van der Waals surface area (Å²) < 4.78 is 5.11. The molecular formula is C13H20N4O2. The largest absolute Gasteiger partial charge is 0.497 e. The van der Waals surface area contributed by atoms with E-state index in [1.165, 1.54) is 0 Å². The Labute approximate surface area is 113 Å². The van der Waals surface area contributed by atoms with E-state index in [0.29, 0.717) is 17.0 Å². The molecule has 0 unspecified atom stereocenters. The van der Waals surface area contributed by atoms with Crippen LogP contribution in [0, 0.1) is 0 Å². The molecule has 0 atom stereocenters. The van der Waals surface area contributed by atoms with Gasteiger partial charge in [0.1, 0.15) is 5.75 Å². The minimum Gasteiger partial charge on any atom is -0.497 e. The Hall–Kier alpha value is -1.79. The molecule has 0 bridgehead atoms. The summed E-state index contributed by atoms with van der Waals surface area (Å²) in [6.07, 6.45) is 0. The molecule has 1 aromatic rings. The molecule has 1 heterocycles. The Morgan fingerprint density at radius 3 is 2.58 bits per heavy atom. The van der Waals surface area contributed by atoms with Crippen molar-refractivity contribution in [3.05, 3.63) is 23.8 Å². The maximum atomic E-state index is 12.1. The van der Waals surface area contributed by atoms with Gasteiger partial charge < -0.3 is 15.4 Å². The fraction of sp³-hybridized carbons (Fsp3) is 0.462. The summed E-state index contributed by atoms with van der Waals surface area (Å²) in [6, 6.07) is 5.02. The molecular weight excluding hydrogens is 244 g/mol. The molecule has 1 saturated heterocycles. The number of rotatable bonds is 3. The van der Waals surface area contributed by atoms with Gasteiger partial charge in [-0.1, -0.05) is 0 Å². The van der Waals surface area contributed by atoms with E-state index < -0.39 is 0 Å². The van der Waals surface area contributed by atoms with Crippen molar-refractivity contribution < 1.29 is 9.53 Å². The number of methoxy groups -OCH3 is 1. The number of nitrogens with two attached hydrogens (primary N) is 1. The highest BCUT2D eigenvalue weighted by Crippen LogP contribution is 2.18. The van der Waals surface area contributed by atoms with E-state index in [1.54, 1.807) is 25.3 Å². The summed E-state index contributed by atoms with van der Waals surface area (Å²) in [5.41, 5.74) is 9.66. The third kappa shape index (κ3) is 3.59. The molecule has 3 N–H and O–H groups in total. The summed E-state index contributed by atoms with van der Waals surface area (Å²) in [5.74, 6) is 0.429. The van der Waals surface area contributed by atoms with E-state index in [4.69, 9.17) is 10.5 Å². The molecule has 0 radical (unpaired) electrons. The zero-order valence-electron chi connectivity index (χ0n) is 11.3. The van der Waals surface area contributed by atoms with Gasteiger partial charge in [0.2, 0.25) is 0 Å². The number of anilines is 1. The first kappa shape index (κ1) is 13.6. The molecule has 1 amide bonds. The van der Waals surface area contributed by atoms with Gasteiger partial charge in [-0.25, -0.2) is 5.01 Å². The zero-order valence-corrected chi connectivity index (χ0v) is 11.3. The number of nitrogens with one attached hydrogen (secondary N) is 1. The summed E-state index contributed by atoms with van der Waals surface area (Å²) in [6.45, 7) is 3.53. The third-order valence-corrected chi connectivity index (χ3v) is 3.19. The maximum absolute atomic E-state index is 12.1. The number of hydrogen-bond donors (Lipinski definition) is 2. The van der Waals surface area contributed by atoms with Gasteiger partial charge in [0.15, 0.2) is 0 Å². The number of hydrazine groups is 1. The van der Waals surface area contributed by atoms with Gasteiger partial charge in [-0.3, -0.25) is 10.2 Å². The molecule has 0 saturated carbocycles. The normalized spacial score (nSPS) is 17.2. The molecule has 0 aromatic heterocycles. The lowest BCUT2D eigenvalue weighted by Crippen LogP contribution is -2.52. The second-order valence-corrected chi connectivity index (χ2v) is 4.73. The number of carbonyl (C=O) groups is 1. The second kappa shape index (κ2) is 5.90. The van der Waals surface area contributed by atoms with Crippen molar-refractivity contribution in [3.63, 3.8) is 0 Å². The monoisotopic (exact) mass is 264 g/mol. The fourth-order valence-corrected chi connectivity index (χ4v) is 2.00. The quantitative estimate of drug-likeness (QED) is 0.762. The van der Waals surface area contributed by atoms with Crippen LogP contribution in [0.5, 0.6) is 5.75 Å². The van der Waals surface area contributed by atoms with Crippen LogP contribution in [0.4, 0.5) is 5.69 Å². The van der Waals surface area contributed by atoms with Crippen LogP contribution in [0.3, 0.4) is 0 Å². The van der Waals surface area contributed by atoms with Crippen molar-refractivity contribution in [3.8, 4) is 5.75 Å². The smallest absolute Gasteiger partial charge is 0.265 e. The van der Waals surface area contributed by atoms with Crippen LogP contribution in [-0.4, -0.2) is 56.2 Å². The number of piperazine rings is 1. The van der Waals surface area contributed by atoms with E-state index in [9.17, 15) is 4.79 Å². The van der Waals surface area contributed by atoms with Crippen LogP contribution < -0.4 is 15.9 Å². The Morgan fingerprint density at radius 2 is 1.95 bits per heavy atom. The highest BCUT2D eigenvalue weighted by molar-refractivity contribution is 5.95. The van der Waals surface area contributed by atoms with Crippen LogP contribution >= 0.6 is 0 Å². The second-order valence-electron chi connectivity index (χ2n) is 4.73. The van der Waals surface area contributed by atoms with Crippen LogP contribution in [0.1, 0.15) is 10.4 Å². The highest BCUT2D eigenvalue weighted by atomic mass is 16.5. The van der Waals surface area contributed by atoms with Gasteiger partial charge >= 0.3 is 0 Å². The first-order valence-corrected chi connectivity index (χ1v) is 6.27. The number of hydrogen-bond acceptors (Lipinski definition) is 5. The minimum atomic E-state index is -0.157. The number of nitrogens with zero attached hydrogens (tertiary/aromatic N) is 2. The first-order chi connectivity index (χ1) is 9.08. The van der Waals surface area contributed by atoms with Gasteiger partial charge in [0.25, 0.3) is 5.91 Å². The molecule has 6 heteroatoms. The molecule has 1 aliphatic heterocycles. The Kier molecular flexibility index (Phi) is 4.24. The predicted molar refractivity (Wildman–Crippen MR) is 73.9 cm³/mol. The Balaban J connectivity index is 2.01. The first-order valence-electron chi connectivity index (χ1n) is 6.27. The number of benzene rings is 1. The van der Waals surface area contributed by atoms with Crippen LogP contribution in [0.15, 0.2) is 18.2 Å². The van der Waals surface area contributed by atoms with Crippen molar-refractivity contribution in [2.75, 3.05) is 46.1 Å². The SMILES string of the molecule is COc1cc(N)cc(C(=O)NN2CCN(C)CC2)c1. The van der Waals surface area contributed by atoms with Gasteiger partial charge in [0, 0.05) is 43.5 Å². The summed E-state index contributed by atoms with van der Waals surface area (Å²) in [5, 5.41) is 1.93. The van der Waals surface area contributed by atoms with Gasteiger partial charge in [-0.15, -0.1) is 0 Å². The molecule has 6 nitrogen and oxygen atoms in total. The molecule has 104 valence electrons. The van der Waals surface area contributed by atoms with Crippen LogP contribution in [0.25, 0.3) is 0 Å². The predicted octanol–water partition coefficient (Wildman–Crippen LogP) is 0.170. The third-order valence-electron chi connectivity index (χ3n) is 3.19. The molecule has 2 rings (SSSR count). The maximum Gasteiger partial charge on any atom is 0.265 e. The van der Waals surface area contributed by atoms with Crippen LogP contribution in [-0.2, 0) is 0 Å². The standard InChI is InChI=1S/C13H20N4O2/c1-16-3-5-17(6-4-16)15-13(18)10-7-11(14)9-12(8-10)19-2/h7-9H,3-6,14H2,1-2H3,(H,15,18). The lowest BCUT2D eigenvalue weighted by molar-refractivity contribution is 0.0662. The minimum absolute atomic E-state index is 0.157. The van der Waals surface area contributed by atoms with Gasteiger partial charge in [0.05, 0.1) is 7.11 Å². The van der Waals surface area contributed by atoms with E-state index >= 15 is 0 Å². The fourth-order valence-electron chi connectivity index (χ4n) is 2.00. The molecule has 1 aliphatic rings. The summed E-state index contributed by atoms with van der Waals surface area (Å²) >= 11 is 0. The number of nitrogen functional groups attached to an aromatic ring is 1. The van der Waals surface area contributed by atoms with Crippen LogP contribution in [0.2, 0.25) is 0 Å². The molecule has 1 fully saturated rings. The molecule has 0 aliphatic carbocycles. The van der Waals surface area contributed by atoms with E-state index in [2.05, 4.69) is 17.4 Å². The van der Waals surface area contributed by atoms with E-state index in [-0.39, 0.29) is 5.91 Å². The Bertz CT molecular complexity index is 456. The van der Waals surface area contributed by atoms with Gasteiger partial charge in [-0.05, 0) is 19.2 Å². The van der Waals surface area contributed by atoms with Crippen molar-refractivity contribution in [1.29, 1.82) is 0 Å². The lowest BCUT2D eigenvalue weighted by Gasteiger charge is -2.32. The van der Waals surface area contributed by atoms with Crippen molar-refractivity contribution in [2.24, 2.45) is 0 Å². The Morgan fingerprint density at radius 1 is 1.26 bits per heavy atom. The number of ether oxygens (including phenoxy) is 1.